The Morgan fingerprint density at radius 1 is 0.333 bits per heavy atom. The van der Waals surface area contributed by atoms with Crippen molar-refractivity contribution < 1.29 is 78.3 Å². The summed E-state index contributed by atoms with van der Waals surface area (Å²) in [6.45, 7) is 0. The molecule has 4 heterocycles. The normalized spacial score (nSPS) is 9.28. The predicted molar refractivity (Wildman–Crippen MR) is 266 cm³/mol. The molecule has 359 valence electrons. The monoisotopic (exact) mass is 1060 g/mol. The zero-order valence-corrected chi connectivity index (χ0v) is 40.2. The van der Waals surface area contributed by atoms with Crippen LogP contribution in [0, 0.1) is 0 Å². The number of hydrogen-bond donors (Lipinski definition) is 2. The van der Waals surface area contributed by atoms with E-state index in [0.29, 0.717) is 19.6 Å². The van der Waals surface area contributed by atoms with Crippen LogP contribution in [0.15, 0.2) is 215 Å². The summed E-state index contributed by atoms with van der Waals surface area (Å²) in [5.41, 5.74) is 5.27. The molecule has 4 aromatic carbocycles. The van der Waals surface area contributed by atoms with Gasteiger partial charge in [0.15, 0.2) is 0 Å². The van der Waals surface area contributed by atoms with Crippen LogP contribution in [0.1, 0.15) is 41.4 Å². The quantitative estimate of drug-likeness (QED) is 0.110. The fourth-order valence-corrected chi connectivity index (χ4v) is 9.89. The van der Waals surface area contributed by atoms with Crippen LogP contribution in [0.2, 0.25) is 0 Å². The molecule has 0 saturated heterocycles. The van der Waals surface area contributed by atoms with E-state index in [0.717, 1.165) is 0 Å². The third kappa shape index (κ3) is 20.1. The molecule has 0 unspecified atom stereocenters. The fourth-order valence-electron chi connectivity index (χ4n) is 5.20. The molecule has 0 saturated carbocycles. The average molecular weight is 1060 g/mol. The molecule has 0 atom stereocenters. The predicted octanol–water partition coefficient (Wildman–Crippen LogP) is 5.69. The first-order chi connectivity index (χ1) is 31.1. The summed E-state index contributed by atoms with van der Waals surface area (Å²) in [6, 6.07) is 41.9. The van der Waals surface area contributed by atoms with Crippen LogP contribution >= 0.6 is 43.2 Å². The molecular formula is C48H46CoN4O12S4+4. The van der Waals surface area contributed by atoms with E-state index >= 15 is 0 Å². The largest absolute Gasteiger partial charge is 2.00 e. The standard InChI is InChI=1S/2C14H10O4S2.2C10H8N2.Co.4H2O/c2*15-13(16)9-5-1-3-7-11(9)19-20-12-8-4-2-6-10(12)14(17)18;2*1-5-11-6-2-9(1)10-3-7-12-8-4-10;;;;;/h2*1-8H,(H,15,16)(H,17,18);2*1-8H;;4*1H2/q;;;;+2;;;;/p+2. The summed E-state index contributed by atoms with van der Waals surface area (Å²) in [5, 5.41) is 40.1. The zero-order valence-electron chi connectivity index (χ0n) is 35.9. The summed E-state index contributed by atoms with van der Waals surface area (Å²) in [5.74, 6) is -4.52. The van der Waals surface area contributed by atoms with Crippen LogP contribution in [0.25, 0.3) is 22.3 Å². The maximum atomic E-state index is 11.1. The van der Waals surface area contributed by atoms with Gasteiger partial charge in [0.1, 0.15) is 0 Å². The van der Waals surface area contributed by atoms with Gasteiger partial charge in [-0.1, -0.05) is 104 Å². The molecule has 14 N–H and O–H groups in total. The van der Waals surface area contributed by atoms with E-state index in [-0.39, 0.29) is 60.9 Å². The molecule has 0 amide bonds. The summed E-state index contributed by atoms with van der Waals surface area (Å²) >= 11 is 0. The van der Waals surface area contributed by atoms with Gasteiger partial charge in [-0.25, -0.2) is 9.59 Å². The van der Waals surface area contributed by atoms with Crippen molar-refractivity contribution in [2.24, 2.45) is 0 Å². The Balaban J connectivity index is 0.000000893. The first-order valence-corrected chi connectivity index (χ1v) is 23.0. The van der Waals surface area contributed by atoms with Gasteiger partial charge in [-0.05, 0) is 107 Å². The minimum absolute atomic E-state index is 0. The van der Waals surface area contributed by atoms with Crippen LogP contribution in [-0.2, 0) is 38.7 Å². The van der Waals surface area contributed by atoms with Gasteiger partial charge in [0.05, 0.1) is 23.1 Å². The maximum absolute atomic E-state index is 11.1. The Kier molecular flexibility index (Phi) is 30.2. The second-order valence-corrected chi connectivity index (χ2v) is 16.9. The second kappa shape index (κ2) is 33.6. The van der Waals surface area contributed by atoms with E-state index in [4.69, 9.17) is 10.2 Å². The molecule has 69 heavy (non-hydrogen) atoms. The molecule has 0 spiro atoms. The number of carbonyl (C=O) groups excluding carboxylic acids is 2. The topological polar surface area (TPSA) is 338 Å². The van der Waals surface area contributed by atoms with Gasteiger partial charge in [-0.3, -0.25) is 19.9 Å². The molecular weight excluding hydrogens is 1010 g/mol. The van der Waals surface area contributed by atoms with Crippen molar-refractivity contribution in [1.29, 1.82) is 0 Å². The minimum Gasteiger partial charge on any atom is -0.545 e. The molecule has 4 aromatic heterocycles. The van der Waals surface area contributed by atoms with Gasteiger partial charge >= 0.3 is 28.7 Å². The molecule has 0 aliphatic heterocycles. The molecule has 0 bridgehead atoms. The number of carbonyl (C=O) groups is 4. The van der Waals surface area contributed by atoms with Gasteiger partial charge in [0, 0.05) is 80.3 Å². The first-order valence-electron chi connectivity index (χ1n) is 18.7. The Morgan fingerprint density at radius 3 is 0.725 bits per heavy atom. The molecule has 16 nitrogen and oxygen atoms in total. The Bertz CT molecular complexity index is 2400. The number of aromatic carboxylic acids is 4. The van der Waals surface area contributed by atoms with Crippen LogP contribution in [0.4, 0.5) is 0 Å². The average Bonchev–Trinajstić information content (AvgIpc) is 3.34. The molecule has 1 radical (unpaired) electrons. The Morgan fingerprint density at radius 2 is 0.522 bits per heavy atom. The van der Waals surface area contributed by atoms with Gasteiger partial charge in [-0.15, -0.1) is 0 Å². The van der Waals surface area contributed by atoms with E-state index in [2.05, 4.69) is 19.9 Å². The number of carboxylic acids is 4. The smallest absolute Gasteiger partial charge is 0.545 e. The van der Waals surface area contributed by atoms with Crippen molar-refractivity contribution >= 4 is 67.1 Å². The third-order valence-electron chi connectivity index (χ3n) is 8.28. The maximum Gasteiger partial charge on any atom is 2.00 e. The minimum atomic E-state index is -1.25. The van der Waals surface area contributed by atoms with E-state index in [1.165, 1.54) is 89.7 Å². The number of nitrogens with zero attached hydrogens (tertiary/aromatic N) is 4. The van der Waals surface area contributed by atoms with Crippen molar-refractivity contribution in [3.05, 3.63) is 217 Å². The summed E-state index contributed by atoms with van der Waals surface area (Å²) in [7, 11) is 4.79. The molecule has 8 rings (SSSR count). The number of carboxylic acid groups (broad SMARTS) is 4. The first kappa shape index (κ1) is 62.1. The van der Waals surface area contributed by atoms with Crippen molar-refractivity contribution in [3.8, 4) is 22.3 Å². The molecule has 0 aliphatic rings. The van der Waals surface area contributed by atoms with Crippen molar-refractivity contribution in [2.75, 3.05) is 0 Å². The molecule has 0 fully saturated rings. The van der Waals surface area contributed by atoms with E-state index in [1.807, 2.05) is 48.5 Å². The van der Waals surface area contributed by atoms with Gasteiger partial charge in [-0.2, -0.15) is 0 Å². The van der Waals surface area contributed by atoms with Gasteiger partial charge in [0.2, 0.25) is 0 Å². The number of aromatic nitrogens is 4. The SMILES string of the molecule is O=C([O-])c1ccccc1SSc1ccccc1C(=O)O.O=C([O-])c1ccccc1SSc1ccccc1C(=O)O.[Co+2].[OH3+].[OH3+].[OH3+].[OH3+].c1cc(-c2ccncc2)ccn1.c1cc(-c2ccncc2)ccn1. The third-order valence-corrected chi connectivity index (χ3v) is 13.2. The zero-order chi connectivity index (χ0) is 45.5. The van der Waals surface area contributed by atoms with Crippen molar-refractivity contribution in [2.45, 2.75) is 19.6 Å². The second-order valence-electron chi connectivity index (χ2n) is 12.4. The number of rotatable bonds is 12. The van der Waals surface area contributed by atoms with E-state index in [9.17, 15) is 29.4 Å². The molecule has 0 aliphatic carbocycles. The summed E-state index contributed by atoms with van der Waals surface area (Å²) in [4.78, 5) is 62.1. The van der Waals surface area contributed by atoms with Crippen LogP contribution in [0.3, 0.4) is 0 Å². The summed E-state index contributed by atoms with van der Waals surface area (Å²) in [6.07, 6.45) is 14.3. The van der Waals surface area contributed by atoms with Crippen molar-refractivity contribution in [3.63, 3.8) is 0 Å². The molecule has 8 aromatic rings. The van der Waals surface area contributed by atoms with E-state index in [1.54, 1.807) is 122 Å². The van der Waals surface area contributed by atoms with Crippen LogP contribution in [0.5, 0.6) is 0 Å². The number of pyridine rings is 4. The molecule has 21 heteroatoms. The van der Waals surface area contributed by atoms with Gasteiger partial charge < -0.3 is 51.9 Å². The van der Waals surface area contributed by atoms with Crippen molar-refractivity contribution in [1.82, 2.24) is 19.9 Å². The van der Waals surface area contributed by atoms with Crippen LogP contribution < -0.4 is 10.2 Å². The number of hydrogen-bond acceptors (Lipinski definition) is 14. The Labute approximate surface area is 422 Å². The van der Waals surface area contributed by atoms with E-state index < -0.39 is 23.9 Å². The number of benzene rings is 4. The summed E-state index contributed by atoms with van der Waals surface area (Å²) < 4.78 is 0. The van der Waals surface area contributed by atoms with Crippen LogP contribution in [-0.4, -0.2) is 54.0 Å². The van der Waals surface area contributed by atoms with Gasteiger partial charge in [0.25, 0.3) is 0 Å². The Hall–Kier alpha value is -6.89. The fraction of sp³-hybridized carbons (Fsp3) is 0.